The lowest BCUT2D eigenvalue weighted by Crippen LogP contribution is -2.58. The molecule has 2 aliphatic rings. The number of carbonyl (C=O) groups is 1. The molecule has 0 aromatic heterocycles. The fourth-order valence-corrected chi connectivity index (χ4v) is 4.70. The van der Waals surface area contributed by atoms with Crippen LogP contribution in [0, 0.1) is 11.8 Å². The van der Waals surface area contributed by atoms with Crippen molar-refractivity contribution in [2.24, 2.45) is 11.8 Å². The largest absolute Gasteiger partial charge is 0.379 e. The molecule has 2 rings (SSSR count). The van der Waals surface area contributed by atoms with Gasteiger partial charge in [0.25, 0.3) is 5.91 Å². The maximum atomic E-state index is 12.2. The minimum Gasteiger partial charge on any atom is -0.379 e. The Bertz CT molecular complexity index is 370. The van der Waals surface area contributed by atoms with E-state index in [1.807, 2.05) is 0 Å². The number of carbonyl (C=O) groups excluding carboxylic acids is 1. The Morgan fingerprint density at radius 2 is 2.00 bits per heavy atom. The highest BCUT2D eigenvalue weighted by Crippen LogP contribution is 2.29. The first-order chi connectivity index (χ1) is 9.73. The van der Waals surface area contributed by atoms with Crippen LogP contribution in [-0.2, 0) is 4.79 Å². The van der Waals surface area contributed by atoms with Gasteiger partial charge < -0.3 is 10.4 Å². The van der Waals surface area contributed by atoms with Crippen LogP contribution < -0.4 is 5.32 Å². The molecule has 0 radical (unpaired) electrons. The van der Waals surface area contributed by atoms with E-state index in [0.29, 0.717) is 30.6 Å². The van der Waals surface area contributed by atoms with Gasteiger partial charge in [-0.1, -0.05) is 13.8 Å². The number of nitrogens with one attached hydrogen (secondary N) is 1. The molecular formula is C16H30N2O2S. The molecule has 0 spiro atoms. The number of rotatable bonds is 4. The third kappa shape index (κ3) is 4.14. The zero-order valence-corrected chi connectivity index (χ0v) is 14.6. The molecule has 3 atom stereocenters. The van der Waals surface area contributed by atoms with E-state index in [0.717, 1.165) is 18.8 Å². The second kappa shape index (κ2) is 6.47. The van der Waals surface area contributed by atoms with Gasteiger partial charge in [0.05, 0.1) is 0 Å². The Balaban J connectivity index is 1.90. The SMILES string of the molecule is CC1CC(C)CN(C(C)(C)CNC(=O)C2(O)CCSC2)C1. The summed E-state index contributed by atoms with van der Waals surface area (Å²) in [6.07, 6.45) is 1.86. The van der Waals surface area contributed by atoms with Gasteiger partial charge in [-0.3, -0.25) is 9.69 Å². The number of hydrogen-bond donors (Lipinski definition) is 2. The highest BCUT2D eigenvalue weighted by molar-refractivity contribution is 7.99. The van der Waals surface area contributed by atoms with Crippen LogP contribution in [0.5, 0.6) is 0 Å². The van der Waals surface area contributed by atoms with Gasteiger partial charge in [0, 0.05) is 30.9 Å². The van der Waals surface area contributed by atoms with E-state index in [1.165, 1.54) is 6.42 Å². The van der Waals surface area contributed by atoms with Crippen LogP contribution in [0.15, 0.2) is 0 Å². The smallest absolute Gasteiger partial charge is 0.252 e. The molecule has 21 heavy (non-hydrogen) atoms. The van der Waals surface area contributed by atoms with Crippen molar-refractivity contribution < 1.29 is 9.90 Å². The minimum absolute atomic E-state index is 0.0687. The summed E-state index contributed by atoms with van der Waals surface area (Å²) < 4.78 is 0. The Morgan fingerprint density at radius 1 is 1.38 bits per heavy atom. The van der Waals surface area contributed by atoms with Crippen molar-refractivity contribution in [2.45, 2.75) is 51.7 Å². The quantitative estimate of drug-likeness (QED) is 0.830. The molecule has 2 heterocycles. The molecule has 1 amide bonds. The van der Waals surface area contributed by atoms with Gasteiger partial charge in [0.1, 0.15) is 0 Å². The maximum absolute atomic E-state index is 12.2. The van der Waals surface area contributed by atoms with Crippen molar-refractivity contribution in [3.05, 3.63) is 0 Å². The second-order valence-corrected chi connectivity index (χ2v) is 8.79. The summed E-state index contributed by atoms with van der Waals surface area (Å²) in [6.45, 7) is 11.8. The summed E-state index contributed by atoms with van der Waals surface area (Å²) >= 11 is 1.65. The Morgan fingerprint density at radius 3 is 2.52 bits per heavy atom. The van der Waals surface area contributed by atoms with Gasteiger partial charge in [-0.25, -0.2) is 0 Å². The number of piperidine rings is 1. The van der Waals surface area contributed by atoms with Crippen LogP contribution in [-0.4, -0.2) is 58.2 Å². The number of amides is 1. The van der Waals surface area contributed by atoms with Crippen molar-refractivity contribution in [3.63, 3.8) is 0 Å². The third-order valence-electron chi connectivity index (χ3n) is 4.83. The number of nitrogens with zero attached hydrogens (tertiary/aromatic N) is 1. The lowest BCUT2D eigenvalue weighted by molar-refractivity contribution is -0.138. The highest BCUT2D eigenvalue weighted by atomic mass is 32.2. The number of aliphatic hydroxyl groups is 1. The fourth-order valence-electron chi connectivity index (χ4n) is 3.46. The maximum Gasteiger partial charge on any atom is 0.252 e. The molecule has 3 unspecified atom stereocenters. The van der Waals surface area contributed by atoms with Crippen molar-refractivity contribution in [1.82, 2.24) is 10.2 Å². The van der Waals surface area contributed by atoms with Gasteiger partial charge in [-0.05, 0) is 44.3 Å². The molecule has 2 saturated heterocycles. The summed E-state index contributed by atoms with van der Waals surface area (Å²) in [5, 5.41) is 13.3. The van der Waals surface area contributed by atoms with Crippen molar-refractivity contribution in [2.75, 3.05) is 31.1 Å². The van der Waals surface area contributed by atoms with Gasteiger partial charge in [0.15, 0.2) is 5.60 Å². The standard InChI is InChI=1S/C16H30N2O2S/c1-12-7-13(2)9-18(8-12)15(3,4)10-17-14(19)16(20)5-6-21-11-16/h12-13,20H,5-11H2,1-4H3,(H,17,19). The van der Waals surface area contributed by atoms with Crippen LogP contribution >= 0.6 is 11.8 Å². The second-order valence-electron chi connectivity index (χ2n) is 7.68. The van der Waals surface area contributed by atoms with Crippen molar-refractivity contribution >= 4 is 17.7 Å². The molecule has 4 nitrogen and oxygen atoms in total. The summed E-state index contributed by atoms with van der Waals surface area (Å²) in [5.41, 5.74) is -1.22. The van der Waals surface area contributed by atoms with Crippen LogP contribution in [0.3, 0.4) is 0 Å². The van der Waals surface area contributed by atoms with E-state index < -0.39 is 5.60 Å². The Hall–Kier alpha value is -0.260. The van der Waals surface area contributed by atoms with Crippen molar-refractivity contribution in [1.29, 1.82) is 0 Å². The highest BCUT2D eigenvalue weighted by Gasteiger charge is 2.40. The average Bonchev–Trinajstić information content (AvgIpc) is 2.83. The Labute approximate surface area is 133 Å². The first-order valence-corrected chi connectivity index (χ1v) is 9.22. The summed E-state index contributed by atoms with van der Waals surface area (Å²) in [5.74, 6) is 2.61. The molecule has 0 aromatic carbocycles. The molecule has 122 valence electrons. The summed E-state index contributed by atoms with van der Waals surface area (Å²) in [7, 11) is 0. The van der Waals surface area contributed by atoms with E-state index in [1.54, 1.807) is 11.8 Å². The topological polar surface area (TPSA) is 52.6 Å². The van der Waals surface area contributed by atoms with Gasteiger partial charge >= 0.3 is 0 Å². The van der Waals surface area contributed by atoms with E-state index in [9.17, 15) is 9.90 Å². The van der Waals surface area contributed by atoms with E-state index in [2.05, 4.69) is 37.9 Å². The predicted octanol–water partition coefficient (Wildman–Crippen LogP) is 1.73. The predicted molar refractivity (Wildman–Crippen MR) is 88.5 cm³/mol. The number of thioether (sulfide) groups is 1. The zero-order chi connectivity index (χ0) is 15.7. The molecule has 0 saturated carbocycles. The molecule has 0 bridgehead atoms. The fraction of sp³-hybridized carbons (Fsp3) is 0.938. The molecule has 0 aliphatic carbocycles. The lowest BCUT2D eigenvalue weighted by Gasteiger charge is -2.45. The normalized spacial score (nSPS) is 34.9. The van der Waals surface area contributed by atoms with Crippen LogP contribution in [0.1, 0.15) is 40.5 Å². The van der Waals surface area contributed by atoms with Crippen LogP contribution in [0.2, 0.25) is 0 Å². The van der Waals surface area contributed by atoms with Gasteiger partial charge in [-0.15, -0.1) is 0 Å². The first kappa shape index (κ1) is 17.1. The molecular weight excluding hydrogens is 284 g/mol. The average molecular weight is 314 g/mol. The molecule has 5 heteroatoms. The van der Waals surface area contributed by atoms with Gasteiger partial charge in [-0.2, -0.15) is 11.8 Å². The molecule has 0 aromatic rings. The first-order valence-electron chi connectivity index (χ1n) is 8.06. The molecule has 2 N–H and O–H groups in total. The van der Waals surface area contributed by atoms with Crippen molar-refractivity contribution in [3.8, 4) is 0 Å². The van der Waals surface area contributed by atoms with E-state index in [-0.39, 0.29) is 11.4 Å². The van der Waals surface area contributed by atoms with Crippen LogP contribution in [0.4, 0.5) is 0 Å². The Kier molecular flexibility index (Phi) is 5.27. The number of likely N-dealkylation sites (tertiary alicyclic amines) is 1. The minimum atomic E-state index is -1.15. The number of hydrogen-bond acceptors (Lipinski definition) is 4. The molecule has 2 aliphatic heterocycles. The van der Waals surface area contributed by atoms with E-state index >= 15 is 0 Å². The van der Waals surface area contributed by atoms with Crippen LogP contribution in [0.25, 0.3) is 0 Å². The summed E-state index contributed by atoms with van der Waals surface area (Å²) in [6, 6.07) is 0. The van der Waals surface area contributed by atoms with Gasteiger partial charge in [0.2, 0.25) is 0 Å². The summed E-state index contributed by atoms with van der Waals surface area (Å²) in [4.78, 5) is 14.7. The zero-order valence-electron chi connectivity index (χ0n) is 13.8. The third-order valence-corrected chi connectivity index (χ3v) is 6.00. The monoisotopic (exact) mass is 314 g/mol. The molecule has 2 fully saturated rings. The lowest BCUT2D eigenvalue weighted by atomic mass is 9.88. The van der Waals surface area contributed by atoms with E-state index in [4.69, 9.17) is 0 Å².